The summed E-state index contributed by atoms with van der Waals surface area (Å²) in [6.07, 6.45) is 2.44. The third-order valence-electron chi connectivity index (χ3n) is 5.48. The van der Waals surface area contributed by atoms with E-state index in [0.29, 0.717) is 28.6 Å². The minimum Gasteiger partial charge on any atom is -0.369 e. The smallest absolute Gasteiger partial charge is 0.369 e. The van der Waals surface area contributed by atoms with Gasteiger partial charge >= 0.3 is 29.6 Å². The predicted octanol–water partition coefficient (Wildman–Crippen LogP) is 1.64. The van der Waals surface area contributed by atoms with Crippen molar-refractivity contribution in [1.29, 1.82) is 0 Å². The molecule has 4 rings (SSSR count). The average Bonchev–Trinajstić information content (AvgIpc) is 2.72. The summed E-state index contributed by atoms with van der Waals surface area (Å²) >= 11 is 0. The third-order valence-corrected chi connectivity index (χ3v) is 5.48. The molecule has 1 unspecified atom stereocenters. The normalized spacial score (nSPS) is 17.0. The first-order valence-corrected chi connectivity index (χ1v) is 9.97. The number of nitrogens with one attached hydrogen (secondary N) is 1. The molecule has 1 saturated heterocycles. The van der Waals surface area contributed by atoms with Crippen molar-refractivity contribution in [3.8, 4) is 0 Å². The number of pyridine rings is 1. The first-order chi connectivity index (χ1) is 14.4. The number of alkyl halides is 2. The SMILES string of the molecule is Cc1nc(NCc2cccc(C(F)F)c2F)c2cc(C3CCCN(C)C3)[c-]nc2n1.[Na+]. The number of fused-ring (bicyclic) bond motifs is 1. The second kappa shape index (κ2) is 10.3. The Labute approximate surface area is 201 Å². The number of hydrogen-bond acceptors (Lipinski definition) is 5. The molecule has 0 bridgehead atoms. The fourth-order valence-corrected chi connectivity index (χ4v) is 3.94. The van der Waals surface area contributed by atoms with Gasteiger partial charge in [-0.15, -0.1) is 5.56 Å². The van der Waals surface area contributed by atoms with Crippen molar-refractivity contribution in [1.82, 2.24) is 19.9 Å². The van der Waals surface area contributed by atoms with E-state index in [1.54, 1.807) is 6.92 Å². The van der Waals surface area contributed by atoms with Crippen LogP contribution in [-0.4, -0.2) is 40.0 Å². The Morgan fingerprint density at radius 2 is 2.10 bits per heavy atom. The van der Waals surface area contributed by atoms with Gasteiger partial charge in [0, 0.05) is 18.7 Å². The molecule has 1 fully saturated rings. The molecule has 2 aromatic heterocycles. The van der Waals surface area contributed by atoms with Crippen LogP contribution in [0.5, 0.6) is 0 Å². The number of aryl methyl sites for hydroxylation is 1. The Hall–Kier alpha value is -1.74. The van der Waals surface area contributed by atoms with Crippen molar-refractivity contribution < 1.29 is 42.7 Å². The summed E-state index contributed by atoms with van der Waals surface area (Å²) in [7, 11) is 2.10. The Kier molecular flexibility index (Phi) is 7.91. The molecule has 0 radical (unpaired) electrons. The van der Waals surface area contributed by atoms with E-state index in [-0.39, 0.29) is 41.7 Å². The van der Waals surface area contributed by atoms with Crippen molar-refractivity contribution in [2.24, 2.45) is 0 Å². The maximum atomic E-state index is 14.4. The summed E-state index contributed by atoms with van der Waals surface area (Å²) in [5.41, 5.74) is 1.05. The zero-order valence-corrected chi connectivity index (χ0v) is 19.9. The van der Waals surface area contributed by atoms with Crippen LogP contribution in [0.15, 0.2) is 24.3 Å². The number of aromatic nitrogens is 3. The molecule has 31 heavy (non-hydrogen) atoms. The van der Waals surface area contributed by atoms with Crippen molar-refractivity contribution in [2.45, 2.75) is 38.7 Å². The molecular formula is C22H23F3N5Na. The number of halogens is 3. The molecule has 1 aliphatic rings. The molecule has 0 saturated carbocycles. The van der Waals surface area contributed by atoms with E-state index in [4.69, 9.17) is 0 Å². The molecule has 1 aromatic carbocycles. The van der Waals surface area contributed by atoms with Crippen molar-refractivity contribution in [3.05, 3.63) is 58.8 Å². The van der Waals surface area contributed by atoms with E-state index in [1.807, 2.05) is 6.07 Å². The summed E-state index contributed by atoms with van der Waals surface area (Å²) in [6.45, 7) is 3.78. The largest absolute Gasteiger partial charge is 1.00 e. The monoisotopic (exact) mass is 437 g/mol. The van der Waals surface area contributed by atoms with Crippen LogP contribution >= 0.6 is 0 Å². The van der Waals surface area contributed by atoms with Gasteiger partial charge in [-0.05, 0) is 44.7 Å². The summed E-state index contributed by atoms with van der Waals surface area (Å²) in [4.78, 5) is 15.5. The van der Waals surface area contributed by atoms with Gasteiger partial charge in [-0.3, -0.25) is 4.98 Å². The van der Waals surface area contributed by atoms with Gasteiger partial charge in [0.05, 0.1) is 11.2 Å². The fraction of sp³-hybridized carbons (Fsp3) is 0.409. The van der Waals surface area contributed by atoms with Gasteiger partial charge in [0.2, 0.25) is 0 Å². The van der Waals surface area contributed by atoms with Gasteiger partial charge in [0.1, 0.15) is 17.5 Å². The Balaban J connectivity index is 0.00000272. The molecule has 1 atom stereocenters. The van der Waals surface area contributed by atoms with Crippen LogP contribution in [0.3, 0.4) is 0 Å². The van der Waals surface area contributed by atoms with Gasteiger partial charge in [-0.1, -0.05) is 24.4 Å². The minimum absolute atomic E-state index is 0. The number of likely N-dealkylation sites (tertiary alicyclic amines) is 1. The van der Waals surface area contributed by atoms with Crippen molar-refractivity contribution >= 4 is 16.9 Å². The standard InChI is InChI=1S/C22H23F3N5.Na/c1-13-28-21(26-10-14-5-3-7-17(19(14)23)20(24)25)18-9-16(11-27-22(18)29-13)15-6-4-8-30(2)12-15;/h3,5,7,9,15,20H,4,6,8,10,12H2,1-2H3,(H,26,27,28,29);/q-1;+1. The molecule has 5 nitrogen and oxygen atoms in total. The maximum absolute atomic E-state index is 14.4. The first kappa shape index (κ1) is 23.9. The van der Waals surface area contributed by atoms with E-state index in [2.05, 4.69) is 38.4 Å². The minimum atomic E-state index is -2.86. The number of benzene rings is 1. The number of likely N-dealkylation sites (N-methyl/N-ethyl adjacent to an activating group) is 1. The zero-order chi connectivity index (χ0) is 21.3. The van der Waals surface area contributed by atoms with Crippen LogP contribution in [-0.2, 0) is 6.54 Å². The van der Waals surface area contributed by atoms with Crippen LogP contribution < -0.4 is 34.9 Å². The van der Waals surface area contributed by atoms with Gasteiger partial charge in [0.25, 0.3) is 6.43 Å². The Morgan fingerprint density at radius 1 is 1.29 bits per heavy atom. The number of hydrogen-bond donors (Lipinski definition) is 1. The van der Waals surface area contributed by atoms with Gasteiger partial charge < -0.3 is 15.2 Å². The van der Waals surface area contributed by atoms with E-state index < -0.39 is 17.8 Å². The van der Waals surface area contributed by atoms with E-state index in [0.717, 1.165) is 37.6 Å². The quantitative estimate of drug-likeness (QED) is 0.486. The fourth-order valence-electron chi connectivity index (χ4n) is 3.94. The van der Waals surface area contributed by atoms with Gasteiger partial charge in [0.15, 0.2) is 0 Å². The summed E-state index contributed by atoms with van der Waals surface area (Å²) in [6, 6.07) is 6.00. The molecule has 0 amide bonds. The van der Waals surface area contributed by atoms with Crippen LogP contribution in [0.2, 0.25) is 0 Å². The van der Waals surface area contributed by atoms with Gasteiger partial charge in [-0.25, -0.2) is 18.2 Å². The molecule has 1 aliphatic heterocycles. The Bertz CT molecular complexity index is 1060. The van der Waals surface area contributed by atoms with Crippen molar-refractivity contribution in [3.63, 3.8) is 0 Å². The zero-order valence-electron chi connectivity index (χ0n) is 17.9. The van der Waals surface area contributed by atoms with E-state index >= 15 is 0 Å². The molecule has 0 spiro atoms. The second-order valence-electron chi connectivity index (χ2n) is 7.76. The van der Waals surface area contributed by atoms with E-state index in [1.165, 1.54) is 12.1 Å². The van der Waals surface area contributed by atoms with Crippen LogP contribution in [0.25, 0.3) is 11.0 Å². The molecule has 9 heteroatoms. The Morgan fingerprint density at radius 3 is 2.84 bits per heavy atom. The topological polar surface area (TPSA) is 53.9 Å². The van der Waals surface area contributed by atoms with Gasteiger partial charge in [-0.2, -0.15) is 6.07 Å². The third kappa shape index (κ3) is 5.37. The summed E-state index contributed by atoms with van der Waals surface area (Å²) in [5.74, 6) is 0.451. The van der Waals surface area contributed by atoms with Crippen LogP contribution in [0.1, 0.15) is 47.7 Å². The number of nitrogens with zero attached hydrogens (tertiary/aromatic N) is 4. The maximum Gasteiger partial charge on any atom is 1.00 e. The second-order valence-corrected chi connectivity index (χ2v) is 7.76. The summed E-state index contributed by atoms with van der Waals surface area (Å²) in [5, 5.41) is 3.81. The molecule has 3 heterocycles. The molecular weight excluding hydrogens is 414 g/mol. The number of rotatable bonds is 5. The average molecular weight is 437 g/mol. The molecule has 3 aromatic rings. The first-order valence-electron chi connectivity index (χ1n) is 9.97. The summed E-state index contributed by atoms with van der Waals surface area (Å²) < 4.78 is 40.4. The van der Waals surface area contributed by atoms with Crippen molar-refractivity contribution in [2.75, 3.05) is 25.5 Å². The molecule has 0 aliphatic carbocycles. The number of anilines is 1. The van der Waals surface area contributed by atoms with E-state index in [9.17, 15) is 13.2 Å². The van der Waals surface area contributed by atoms with Crippen LogP contribution in [0.4, 0.5) is 19.0 Å². The molecule has 158 valence electrons. The van der Waals surface area contributed by atoms with Crippen LogP contribution in [0, 0.1) is 18.9 Å². The molecule has 1 N–H and O–H groups in total. The predicted molar refractivity (Wildman–Crippen MR) is 109 cm³/mol. The number of piperidine rings is 1.